The van der Waals surface area contributed by atoms with Crippen LogP contribution in [-0.4, -0.2) is 47.3 Å². The molecule has 27 heavy (non-hydrogen) atoms. The smallest absolute Gasteiger partial charge is 0.254 e. The Hall–Kier alpha value is -3.07. The molecule has 1 aliphatic heterocycles. The Balaban J connectivity index is 1.76. The van der Waals surface area contributed by atoms with E-state index in [1.165, 1.54) is 6.20 Å². The van der Waals surface area contributed by atoms with Gasteiger partial charge in [-0.15, -0.1) is 0 Å². The van der Waals surface area contributed by atoms with E-state index in [-0.39, 0.29) is 12.2 Å². The molecule has 0 unspecified atom stereocenters. The standard InChI is InChI=1S/C18H24N6O3/c19-16(26)13-11-22-18(24-17(13)21-6-1-2-8-25)23-12-4-5-15-14(10-12)20-7-3-9-27-15/h4-5,10-11,20,25H,1-3,6-9H2,(H2,19,26)(H2,21,22,23,24). The van der Waals surface area contributed by atoms with Crippen molar-refractivity contribution in [3.8, 4) is 5.75 Å². The summed E-state index contributed by atoms with van der Waals surface area (Å²) in [5.74, 6) is 0.931. The maximum absolute atomic E-state index is 11.6. The first-order valence-corrected chi connectivity index (χ1v) is 8.96. The van der Waals surface area contributed by atoms with E-state index in [9.17, 15) is 4.79 Å². The lowest BCUT2D eigenvalue weighted by atomic mass is 10.2. The average molecular weight is 372 g/mol. The number of nitrogens with two attached hydrogens (primary N) is 1. The first kappa shape index (κ1) is 18.7. The van der Waals surface area contributed by atoms with Crippen molar-refractivity contribution in [1.82, 2.24) is 9.97 Å². The molecule has 1 aliphatic rings. The average Bonchev–Trinajstić information content (AvgIpc) is 2.90. The van der Waals surface area contributed by atoms with Gasteiger partial charge in [-0.05, 0) is 37.5 Å². The lowest BCUT2D eigenvalue weighted by Crippen LogP contribution is -2.17. The largest absolute Gasteiger partial charge is 0.491 e. The zero-order valence-electron chi connectivity index (χ0n) is 15.0. The van der Waals surface area contributed by atoms with Gasteiger partial charge in [0.2, 0.25) is 5.95 Å². The number of anilines is 4. The number of rotatable bonds is 8. The van der Waals surface area contributed by atoms with Gasteiger partial charge in [0.25, 0.3) is 5.91 Å². The molecule has 0 saturated carbocycles. The van der Waals surface area contributed by atoms with Gasteiger partial charge in [0.1, 0.15) is 11.6 Å². The van der Waals surface area contributed by atoms with Crippen LogP contribution >= 0.6 is 0 Å². The molecule has 0 spiro atoms. The third-order valence-corrected chi connectivity index (χ3v) is 4.06. The van der Waals surface area contributed by atoms with Crippen LogP contribution in [0.25, 0.3) is 0 Å². The first-order valence-electron chi connectivity index (χ1n) is 8.96. The molecule has 144 valence electrons. The normalized spacial score (nSPS) is 12.9. The number of nitrogens with one attached hydrogen (secondary N) is 3. The van der Waals surface area contributed by atoms with Gasteiger partial charge in [0.15, 0.2) is 0 Å². The van der Waals surface area contributed by atoms with Crippen molar-refractivity contribution in [1.29, 1.82) is 0 Å². The Kier molecular flexibility index (Phi) is 6.26. The highest BCUT2D eigenvalue weighted by atomic mass is 16.5. The summed E-state index contributed by atoms with van der Waals surface area (Å²) in [6, 6.07) is 5.70. The van der Waals surface area contributed by atoms with Gasteiger partial charge in [0.05, 0.1) is 17.9 Å². The molecule has 1 amide bonds. The van der Waals surface area contributed by atoms with E-state index in [2.05, 4.69) is 25.9 Å². The lowest BCUT2D eigenvalue weighted by molar-refractivity contribution is 0.100. The number of unbranched alkanes of at least 4 members (excludes halogenated alkanes) is 1. The number of ether oxygens (including phenoxy) is 1. The van der Waals surface area contributed by atoms with Gasteiger partial charge in [-0.1, -0.05) is 0 Å². The highest BCUT2D eigenvalue weighted by molar-refractivity contribution is 5.97. The van der Waals surface area contributed by atoms with Gasteiger partial charge in [-0.2, -0.15) is 4.98 Å². The number of fused-ring (bicyclic) bond motifs is 1. The molecule has 0 atom stereocenters. The highest BCUT2D eigenvalue weighted by Gasteiger charge is 2.13. The third kappa shape index (κ3) is 4.98. The second kappa shape index (κ2) is 9.04. The van der Waals surface area contributed by atoms with Crippen molar-refractivity contribution in [2.75, 3.05) is 42.3 Å². The van der Waals surface area contributed by atoms with Crippen LogP contribution in [0.5, 0.6) is 5.75 Å². The van der Waals surface area contributed by atoms with Gasteiger partial charge < -0.3 is 31.5 Å². The van der Waals surface area contributed by atoms with Gasteiger partial charge in [-0.3, -0.25) is 4.79 Å². The van der Waals surface area contributed by atoms with Crippen molar-refractivity contribution in [3.63, 3.8) is 0 Å². The van der Waals surface area contributed by atoms with Gasteiger partial charge in [0, 0.05) is 31.6 Å². The van der Waals surface area contributed by atoms with Crippen LogP contribution < -0.4 is 26.4 Å². The van der Waals surface area contributed by atoms with Crippen molar-refractivity contribution < 1.29 is 14.6 Å². The fourth-order valence-electron chi connectivity index (χ4n) is 2.68. The van der Waals surface area contributed by atoms with Crippen LogP contribution in [0.4, 0.5) is 23.1 Å². The van der Waals surface area contributed by atoms with Gasteiger partial charge in [-0.25, -0.2) is 4.98 Å². The molecular formula is C18H24N6O3. The van der Waals surface area contributed by atoms with Crippen molar-refractivity contribution in [3.05, 3.63) is 30.0 Å². The fourth-order valence-corrected chi connectivity index (χ4v) is 2.68. The molecule has 9 heteroatoms. The SMILES string of the molecule is NC(=O)c1cnc(Nc2ccc3c(c2)NCCCO3)nc1NCCCCO. The molecule has 0 bridgehead atoms. The molecular weight excluding hydrogens is 348 g/mol. The van der Waals surface area contributed by atoms with Crippen LogP contribution in [0.3, 0.4) is 0 Å². The summed E-state index contributed by atoms with van der Waals surface area (Å²) in [6.07, 6.45) is 3.76. The molecule has 1 aromatic heterocycles. The number of hydrogen-bond donors (Lipinski definition) is 5. The van der Waals surface area contributed by atoms with Crippen LogP contribution in [0, 0.1) is 0 Å². The molecule has 2 heterocycles. The Labute approximate surface area is 157 Å². The maximum atomic E-state index is 11.6. The number of benzene rings is 1. The number of aliphatic hydroxyl groups excluding tert-OH is 1. The number of aromatic nitrogens is 2. The van der Waals surface area contributed by atoms with E-state index in [1.54, 1.807) is 0 Å². The molecule has 9 nitrogen and oxygen atoms in total. The lowest BCUT2D eigenvalue weighted by Gasteiger charge is -2.13. The molecule has 2 aromatic rings. The second-order valence-corrected chi connectivity index (χ2v) is 6.14. The topological polar surface area (TPSA) is 134 Å². The Morgan fingerprint density at radius 1 is 1.37 bits per heavy atom. The Bertz CT molecular complexity index is 799. The predicted octanol–water partition coefficient (Wildman–Crippen LogP) is 1.70. The number of aliphatic hydroxyl groups is 1. The summed E-state index contributed by atoms with van der Waals surface area (Å²) in [6.45, 7) is 2.23. The molecule has 0 fully saturated rings. The van der Waals surface area contributed by atoms with E-state index in [0.29, 0.717) is 31.3 Å². The number of primary amides is 1. The number of nitrogens with zero attached hydrogens (tertiary/aromatic N) is 2. The van der Waals surface area contributed by atoms with Crippen LogP contribution in [0.15, 0.2) is 24.4 Å². The summed E-state index contributed by atoms with van der Waals surface area (Å²) >= 11 is 0. The predicted molar refractivity (Wildman–Crippen MR) is 104 cm³/mol. The third-order valence-electron chi connectivity index (χ3n) is 4.06. The molecule has 1 aromatic carbocycles. The molecule has 6 N–H and O–H groups in total. The minimum Gasteiger partial charge on any atom is -0.491 e. The second-order valence-electron chi connectivity index (χ2n) is 6.14. The van der Waals surface area contributed by atoms with Crippen LogP contribution in [0.1, 0.15) is 29.6 Å². The fraction of sp³-hybridized carbons (Fsp3) is 0.389. The Morgan fingerprint density at radius 2 is 2.26 bits per heavy atom. The number of carbonyl (C=O) groups is 1. The maximum Gasteiger partial charge on any atom is 0.254 e. The number of amides is 1. The van der Waals surface area contributed by atoms with Crippen molar-refractivity contribution in [2.45, 2.75) is 19.3 Å². The highest BCUT2D eigenvalue weighted by Crippen LogP contribution is 2.30. The summed E-state index contributed by atoms with van der Waals surface area (Å²) in [5, 5.41) is 18.4. The summed E-state index contributed by atoms with van der Waals surface area (Å²) in [5.41, 5.74) is 7.33. The number of hydrogen-bond acceptors (Lipinski definition) is 8. The zero-order chi connectivity index (χ0) is 19.1. The van der Waals surface area contributed by atoms with Crippen LogP contribution in [0.2, 0.25) is 0 Å². The molecule has 0 saturated heterocycles. The quantitative estimate of drug-likeness (QED) is 0.442. The monoisotopic (exact) mass is 372 g/mol. The molecule has 0 aliphatic carbocycles. The zero-order valence-corrected chi connectivity index (χ0v) is 15.0. The van der Waals surface area contributed by atoms with E-state index in [1.807, 2.05) is 18.2 Å². The van der Waals surface area contributed by atoms with Crippen LogP contribution in [-0.2, 0) is 0 Å². The summed E-state index contributed by atoms with van der Waals surface area (Å²) in [7, 11) is 0. The van der Waals surface area contributed by atoms with Crippen molar-refractivity contribution >= 4 is 29.0 Å². The molecule has 0 radical (unpaired) electrons. The van der Waals surface area contributed by atoms with Gasteiger partial charge >= 0.3 is 0 Å². The Morgan fingerprint density at radius 3 is 3.07 bits per heavy atom. The minimum atomic E-state index is -0.599. The molecule has 3 rings (SSSR count). The van der Waals surface area contributed by atoms with E-state index in [4.69, 9.17) is 15.6 Å². The van der Waals surface area contributed by atoms with Crippen molar-refractivity contribution in [2.24, 2.45) is 5.73 Å². The summed E-state index contributed by atoms with van der Waals surface area (Å²) < 4.78 is 5.68. The summed E-state index contributed by atoms with van der Waals surface area (Å²) in [4.78, 5) is 20.1. The van der Waals surface area contributed by atoms with E-state index in [0.717, 1.165) is 36.5 Å². The first-order chi connectivity index (χ1) is 13.2. The van der Waals surface area contributed by atoms with E-state index >= 15 is 0 Å². The number of carbonyl (C=O) groups excluding carboxylic acids is 1. The van der Waals surface area contributed by atoms with E-state index < -0.39 is 5.91 Å². The minimum absolute atomic E-state index is 0.122.